The zero-order chi connectivity index (χ0) is 12.8. The van der Waals surface area contributed by atoms with E-state index in [-0.39, 0.29) is 13.2 Å². The van der Waals surface area contributed by atoms with Gasteiger partial charge in [-0.25, -0.2) is 9.78 Å². The van der Waals surface area contributed by atoms with Crippen LogP contribution in [0.5, 0.6) is 0 Å². The van der Waals surface area contributed by atoms with E-state index in [1.807, 2.05) is 17.5 Å². The summed E-state index contributed by atoms with van der Waals surface area (Å²) in [7, 11) is 0. The van der Waals surface area contributed by atoms with Gasteiger partial charge >= 0.3 is 6.09 Å². The Morgan fingerprint density at radius 1 is 1.39 bits per heavy atom. The van der Waals surface area contributed by atoms with Crippen LogP contribution < -0.4 is 5.32 Å². The average molecular weight is 264 g/mol. The van der Waals surface area contributed by atoms with Crippen molar-refractivity contribution >= 4 is 23.1 Å². The molecule has 2 N–H and O–H groups in total. The molecule has 94 valence electrons. The largest absolute Gasteiger partial charge is 0.447 e. The number of aromatic nitrogens is 1. The van der Waals surface area contributed by atoms with Crippen molar-refractivity contribution in [3.8, 4) is 10.6 Å². The predicted molar refractivity (Wildman–Crippen MR) is 69.6 cm³/mol. The van der Waals surface area contributed by atoms with Crippen molar-refractivity contribution in [1.29, 1.82) is 0 Å². The van der Waals surface area contributed by atoms with Crippen molar-refractivity contribution in [3.63, 3.8) is 0 Å². The highest BCUT2D eigenvalue weighted by Gasteiger charge is 2.04. The van der Waals surface area contributed by atoms with Gasteiger partial charge in [-0.2, -0.15) is 0 Å². The molecule has 0 unspecified atom stereocenters. The minimum atomic E-state index is -0.578. The number of anilines is 1. The topological polar surface area (TPSA) is 71.5 Å². The standard InChI is InChI=1S/C12H12N2O3S/c15-6-7-17-12(16)14-10-3-1-9(2-4-10)11-13-5-8-18-11/h1-5,8,15H,6-7H2,(H,14,16). The first-order chi connectivity index (χ1) is 8.79. The molecule has 0 fully saturated rings. The van der Waals surface area contributed by atoms with Crippen molar-refractivity contribution in [1.82, 2.24) is 4.98 Å². The number of hydrogen-bond acceptors (Lipinski definition) is 5. The molecule has 1 aromatic carbocycles. The number of hydrogen-bond donors (Lipinski definition) is 2. The van der Waals surface area contributed by atoms with Gasteiger partial charge < -0.3 is 9.84 Å². The first-order valence-electron chi connectivity index (χ1n) is 5.34. The molecule has 2 aromatic rings. The molecule has 0 spiro atoms. The zero-order valence-corrected chi connectivity index (χ0v) is 10.3. The Hall–Kier alpha value is -1.92. The Kier molecular flexibility index (Phi) is 4.27. The normalized spacial score (nSPS) is 10.1. The molecular weight excluding hydrogens is 252 g/mol. The van der Waals surface area contributed by atoms with Gasteiger partial charge in [-0.1, -0.05) is 0 Å². The summed E-state index contributed by atoms with van der Waals surface area (Å²) in [6.45, 7) is -0.195. The Morgan fingerprint density at radius 2 is 2.17 bits per heavy atom. The summed E-state index contributed by atoms with van der Waals surface area (Å²) in [5.41, 5.74) is 1.64. The van der Waals surface area contributed by atoms with Crippen LogP contribution in [-0.2, 0) is 4.74 Å². The lowest BCUT2D eigenvalue weighted by Crippen LogP contribution is -2.15. The number of aliphatic hydroxyl groups is 1. The molecule has 0 aliphatic heterocycles. The second kappa shape index (κ2) is 6.13. The smallest absolute Gasteiger partial charge is 0.411 e. The molecule has 6 heteroatoms. The van der Waals surface area contributed by atoms with Gasteiger partial charge in [0.25, 0.3) is 0 Å². The number of rotatable bonds is 4. The van der Waals surface area contributed by atoms with Crippen LogP contribution in [0.2, 0.25) is 0 Å². The number of ether oxygens (including phenoxy) is 1. The monoisotopic (exact) mass is 264 g/mol. The fourth-order valence-corrected chi connectivity index (χ4v) is 2.00. The van der Waals surface area contributed by atoms with E-state index < -0.39 is 6.09 Å². The van der Waals surface area contributed by atoms with Gasteiger partial charge in [-0.05, 0) is 24.3 Å². The van der Waals surface area contributed by atoms with E-state index >= 15 is 0 Å². The van der Waals surface area contributed by atoms with Crippen molar-refractivity contribution in [3.05, 3.63) is 35.8 Å². The summed E-state index contributed by atoms with van der Waals surface area (Å²) in [6.07, 6.45) is 1.17. The van der Waals surface area contributed by atoms with Crippen LogP contribution >= 0.6 is 11.3 Å². The van der Waals surface area contributed by atoms with Crippen LogP contribution in [0.25, 0.3) is 10.6 Å². The molecule has 0 saturated carbocycles. The van der Waals surface area contributed by atoms with Crippen LogP contribution in [0.1, 0.15) is 0 Å². The molecule has 0 aliphatic rings. The lowest BCUT2D eigenvalue weighted by atomic mass is 10.2. The number of carbonyl (C=O) groups is 1. The van der Waals surface area contributed by atoms with Gasteiger partial charge in [0.15, 0.2) is 0 Å². The first kappa shape index (κ1) is 12.5. The molecule has 18 heavy (non-hydrogen) atoms. The Morgan fingerprint density at radius 3 is 2.78 bits per heavy atom. The lowest BCUT2D eigenvalue weighted by Gasteiger charge is -2.06. The number of carbonyl (C=O) groups excluding carboxylic acids is 1. The van der Waals surface area contributed by atoms with E-state index in [2.05, 4.69) is 15.0 Å². The van der Waals surface area contributed by atoms with Gasteiger partial charge in [-0.3, -0.25) is 5.32 Å². The molecule has 0 aliphatic carbocycles. The fourth-order valence-electron chi connectivity index (χ4n) is 1.35. The number of nitrogens with zero attached hydrogens (tertiary/aromatic N) is 1. The summed E-state index contributed by atoms with van der Waals surface area (Å²) in [5, 5.41) is 13.9. The molecule has 1 amide bonds. The van der Waals surface area contributed by atoms with E-state index in [9.17, 15) is 4.79 Å². The quantitative estimate of drug-likeness (QED) is 0.889. The second-order valence-electron chi connectivity index (χ2n) is 3.40. The maximum Gasteiger partial charge on any atom is 0.411 e. The third kappa shape index (κ3) is 3.28. The maximum absolute atomic E-state index is 11.2. The predicted octanol–water partition coefficient (Wildman–Crippen LogP) is 2.35. The third-order valence-corrected chi connectivity index (χ3v) is 2.96. The molecule has 1 heterocycles. The van der Waals surface area contributed by atoms with Crippen LogP contribution in [0.3, 0.4) is 0 Å². The van der Waals surface area contributed by atoms with Crippen LogP contribution in [0.15, 0.2) is 35.8 Å². The van der Waals surface area contributed by atoms with Crippen molar-refractivity contribution in [2.45, 2.75) is 0 Å². The highest BCUT2D eigenvalue weighted by atomic mass is 32.1. The summed E-state index contributed by atoms with van der Waals surface area (Å²) >= 11 is 1.56. The van der Waals surface area contributed by atoms with Crippen molar-refractivity contribution in [2.75, 3.05) is 18.5 Å². The maximum atomic E-state index is 11.2. The molecule has 0 radical (unpaired) electrons. The lowest BCUT2D eigenvalue weighted by molar-refractivity contribution is 0.131. The van der Waals surface area contributed by atoms with Gasteiger partial charge in [0.05, 0.1) is 6.61 Å². The summed E-state index contributed by atoms with van der Waals surface area (Å²) in [5.74, 6) is 0. The summed E-state index contributed by atoms with van der Waals surface area (Å²) in [4.78, 5) is 15.4. The SMILES string of the molecule is O=C(Nc1ccc(-c2nccs2)cc1)OCCO. The second-order valence-corrected chi connectivity index (χ2v) is 4.29. The Bertz CT molecular complexity index is 497. The van der Waals surface area contributed by atoms with Crippen LogP contribution in [0, 0.1) is 0 Å². The van der Waals surface area contributed by atoms with Gasteiger partial charge in [0.2, 0.25) is 0 Å². The van der Waals surface area contributed by atoms with E-state index in [0.29, 0.717) is 5.69 Å². The minimum Gasteiger partial charge on any atom is -0.447 e. The summed E-state index contributed by atoms with van der Waals surface area (Å²) < 4.78 is 4.69. The van der Waals surface area contributed by atoms with Crippen molar-refractivity contribution in [2.24, 2.45) is 0 Å². The molecule has 0 saturated heterocycles. The van der Waals surface area contributed by atoms with Gasteiger partial charge in [0, 0.05) is 22.8 Å². The Balaban J connectivity index is 1.98. The van der Waals surface area contributed by atoms with Crippen molar-refractivity contribution < 1.29 is 14.6 Å². The molecule has 2 rings (SSSR count). The molecule has 1 aromatic heterocycles. The Labute approximate surface area is 108 Å². The van der Waals surface area contributed by atoms with Gasteiger partial charge in [0.1, 0.15) is 11.6 Å². The fraction of sp³-hybridized carbons (Fsp3) is 0.167. The van der Waals surface area contributed by atoms with Gasteiger partial charge in [-0.15, -0.1) is 11.3 Å². The van der Waals surface area contributed by atoms with E-state index in [0.717, 1.165) is 10.6 Å². The summed E-state index contributed by atoms with van der Waals surface area (Å²) in [6, 6.07) is 7.30. The molecular formula is C12H12N2O3S. The number of benzene rings is 1. The van der Waals surface area contributed by atoms with E-state index in [4.69, 9.17) is 5.11 Å². The molecule has 0 bridgehead atoms. The number of aliphatic hydroxyl groups excluding tert-OH is 1. The number of thiazole rings is 1. The van der Waals surface area contributed by atoms with Crippen LogP contribution in [0.4, 0.5) is 10.5 Å². The van der Waals surface area contributed by atoms with E-state index in [1.54, 1.807) is 29.7 Å². The van der Waals surface area contributed by atoms with Crippen LogP contribution in [-0.4, -0.2) is 29.4 Å². The average Bonchev–Trinajstić information content (AvgIpc) is 2.91. The number of amides is 1. The van der Waals surface area contributed by atoms with E-state index in [1.165, 1.54) is 0 Å². The number of nitrogens with one attached hydrogen (secondary N) is 1. The zero-order valence-electron chi connectivity index (χ0n) is 9.50. The molecule has 0 atom stereocenters. The highest BCUT2D eigenvalue weighted by Crippen LogP contribution is 2.23. The first-order valence-corrected chi connectivity index (χ1v) is 6.22. The molecule has 5 nitrogen and oxygen atoms in total. The highest BCUT2D eigenvalue weighted by molar-refractivity contribution is 7.13. The third-order valence-electron chi connectivity index (χ3n) is 2.14. The minimum absolute atomic E-state index is 0.0109.